The molecule has 0 bridgehead atoms. The molecule has 2 heterocycles. The predicted octanol–water partition coefficient (Wildman–Crippen LogP) is 1.28. The number of nitrogens with one attached hydrogen (secondary N) is 1. The molecule has 1 fully saturated rings. The van der Waals surface area contributed by atoms with Crippen molar-refractivity contribution in [2.45, 2.75) is 13.0 Å². The highest BCUT2D eigenvalue weighted by Crippen LogP contribution is 2.20. The zero-order valence-electron chi connectivity index (χ0n) is 13.7. The van der Waals surface area contributed by atoms with Crippen molar-refractivity contribution in [1.82, 2.24) is 14.4 Å². The normalized spacial score (nSPS) is 19.1. The van der Waals surface area contributed by atoms with Gasteiger partial charge in [0.2, 0.25) is 11.8 Å². The smallest absolute Gasteiger partial charge is 0.243 e. The summed E-state index contributed by atoms with van der Waals surface area (Å²) in [6.45, 7) is 3.36. The van der Waals surface area contributed by atoms with Crippen LogP contribution in [-0.4, -0.2) is 58.9 Å². The molecule has 0 saturated carbocycles. The molecule has 1 N–H and O–H groups in total. The van der Waals surface area contributed by atoms with Crippen molar-refractivity contribution in [3.05, 3.63) is 30.5 Å². The minimum absolute atomic E-state index is 0.0154. The van der Waals surface area contributed by atoms with Crippen LogP contribution in [0.5, 0.6) is 0 Å². The summed E-state index contributed by atoms with van der Waals surface area (Å²) >= 11 is 0. The Balaban J connectivity index is 1.75. The lowest BCUT2D eigenvalue weighted by Gasteiger charge is -2.38. The SMILES string of the molecule is CC(=O)N1CCN(C)C(C(=O)Nc2ccc3c(ccn3C)c2)C1. The molecule has 122 valence electrons. The summed E-state index contributed by atoms with van der Waals surface area (Å²) in [5.41, 5.74) is 1.91. The zero-order chi connectivity index (χ0) is 16.6. The van der Waals surface area contributed by atoms with Crippen LogP contribution in [0, 0.1) is 0 Å². The van der Waals surface area contributed by atoms with E-state index in [4.69, 9.17) is 0 Å². The van der Waals surface area contributed by atoms with E-state index < -0.39 is 0 Å². The number of carbonyl (C=O) groups is 2. The lowest BCUT2D eigenvalue weighted by Crippen LogP contribution is -2.57. The van der Waals surface area contributed by atoms with Gasteiger partial charge in [-0.1, -0.05) is 0 Å². The molecule has 1 saturated heterocycles. The fourth-order valence-corrected chi connectivity index (χ4v) is 3.03. The van der Waals surface area contributed by atoms with Crippen LogP contribution in [0.3, 0.4) is 0 Å². The van der Waals surface area contributed by atoms with Gasteiger partial charge in [-0.2, -0.15) is 0 Å². The highest BCUT2D eigenvalue weighted by molar-refractivity contribution is 5.97. The van der Waals surface area contributed by atoms with Crippen LogP contribution in [0.15, 0.2) is 30.5 Å². The van der Waals surface area contributed by atoms with Crippen molar-refractivity contribution >= 4 is 28.4 Å². The lowest BCUT2D eigenvalue weighted by molar-refractivity contribution is -0.134. The first kappa shape index (κ1) is 15.6. The number of carbonyl (C=O) groups excluding carboxylic acids is 2. The van der Waals surface area contributed by atoms with Crippen molar-refractivity contribution in [3.8, 4) is 0 Å². The number of aryl methyl sites for hydroxylation is 1. The van der Waals surface area contributed by atoms with Crippen molar-refractivity contribution in [3.63, 3.8) is 0 Å². The number of aromatic nitrogens is 1. The topological polar surface area (TPSA) is 57.6 Å². The van der Waals surface area contributed by atoms with E-state index in [1.807, 2.05) is 54.0 Å². The molecule has 2 amide bonds. The number of fused-ring (bicyclic) bond motifs is 1. The van der Waals surface area contributed by atoms with Crippen molar-refractivity contribution in [2.75, 3.05) is 32.0 Å². The van der Waals surface area contributed by atoms with E-state index in [1.165, 1.54) is 0 Å². The van der Waals surface area contributed by atoms with E-state index in [0.29, 0.717) is 19.6 Å². The molecule has 6 heteroatoms. The van der Waals surface area contributed by atoms with E-state index in [0.717, 1.165) is 16.6 Å². The number of nitrogens with zero attached hydrogens (tertiary/aromatic N) is 3. The van der Waals surface area contributed by atoms with Crippen LogP contribution in [0.4, 0.5) is 5.69 Å². The fraction of sp³-hybridized carbons (Fsp3) is 0.412. The molecule has 0 radical (unpaired) electrons. The highest BCUT2D eigenvalue weighted by Gasteiger charge is 2.31. The Morgan fingerprint density at radius 1 is 1.17 bits per heavy atom. The Morgan fingerprint density at radius 2 is 1.96 bits per heavy atom. The molecule has 6 nitrogen and oxygen atoms in total. The van der Waals surface area contributed by atoms with Gasteiger partial charge in [0.05, 0.1) is 0 Å². The third-order valence-corrected chi connectivity index (χ3v) is 4.55. The zero-order valence-corrected chi connectivity index (χ0v) is 13.7. The summed E-state index contributed by atoms with van der Waals surface area (Å²) in [4.78, 5) is 27.9. The van der Waals surface area contributed by atoms with E-state index >= 15 is 0 Å². The van der Waals surface area contributed by atoms with Gasteiger partial charge in [0.15, 0.2) is 0 Å². The fourth-order valence-electron chi connectivity index (χ4n) is 3.03. The molecule has 1 atom stereocenters. The van der Waals surface area contributed by atoms with Crippen LogP contribution in [-0.2, 0) is 16.6 Å². The van der Waals surface area contributed by atoms with Gasteiger partial charge in [-0.15, -0.1) is 0 Å². The number of anilines is 1. The standard InChI is InChI=1S/C17H22N4O2/c1-12(22)21-9-8-20(3)16(11-21)17(23)18-14-4-5-15-13(10-14)6-7-19(15)2/h4-7,10,16H,8-9,11H2,1-3H3,(H,18,23). The summed E-state index contributed by atoms with van der Waals surface area (Å²) in [5.74, 6) is -0.0599. The first-order chi connectivity index (χ1) is 11.0. The highest BCUT2D eigenvalue weighted by atomic mass is 16.2. The van der Waals surface area contributed by atoms with E-state index in [9.17, 15) is 9.59 Å². The van der Waals surface area contributed by atoms with Gasteiger partial charge >= 0.3 is 0 Å². The van der Waals surface area contributed by atoms with Crippen LogP contribution < -0.4 is 5.32 Å². The number of likely N-dealkylation sites (N-methyl/N-ethyl adjacent to an activating group) is 1. The minimum atomic E-state index is -0.320. The van der Waals surface area contributed by atoms with Gasteiger partial charge in [0.1, 0.15) is 6.04 Å². The average molecular weight is 314 g/mol. The van der Waals surface area contributed by atoms with Crippen LogP contribution in [0.1, 0.15) is 6.92 Å². The molecule has 1 aliphatic heterocycles. The van der Waals surface area contributed by atoms with Gasteiger partial charge < -0.3 is 14.8 Å². The molecule has 3 rings (SSSR count). The molecular formula is C17H22N4O2. The lowest BCUT2D eigenvalue weighted by atomic mass is 10.1. The molecule has 1 aromatic heterocycles. The Kier molecular flexibility index (Phi) is 4.09. The predicted molar refractivity (Wildman–Crippen MR) is 90.2 cm³/mol. The maximum atomic E-state index is 12.6. The van der Waals surface area contributed by atoms with E-state index in [2.05, 4.69) is 5.32 Å². The summed E-state index contributed by atoms with van der Waals surface area (Å²) in [7, 11) is 3.91. The van der Waals surface area contributed by atoms with Gasteiger partial charge in [0.25, 0.3) is 0 Å². The molecule has 0 aliphatic carbocycles. The van der Waals surface area contributed by atoms with E-state index in [-0.39, 0.29) is 17.9 Å². The summed E-state index contributed by atoms with van der Waals surface area (Å²) in [6.07, 6.45) is 2.00. The first-order valence-corrected chi connectivity index (χ1v) is 7.77. The van der Waals surface area contributed by atoms with Crippen LogP contribution in [0.25, 0.3) is 10.9 Å². The molecule has 1 aliphatic rings. The third kappa shape index (κ3) is 3.07. The van der Waals surface area contributed by atoms with Crippen LogP contribution in [0.2, 0.25) is 0 Å². The Hall–Kier alpha value is -2.34. The number of hydrogen-bond acceptors (Lipinski definition) is 3. The summed E-state index contributed by atoms with van der Waals surface area (Å²) in [6, 6.07) is 7.58. The first-order valence-electron chi connectivity index (χ1n) is 7.77. The Labute approximate surface area is 135 Å². The second-order valence-corrected chi connectivity index (χ2v) is 6.15. The van der Waals surface area contributed by atoms with Crippen molar-refractivity contribution in [2.24, 2.45) is 7.05 Å². The van der Waals surface area contributed by atoms with Gasteiger partial charge in [-0.25, -0.2) is 0 Å². The number of piperazine rings is 1. The monoisotopic (exact) mass is 314 g/mol. The Bertz CT molecular complexity index is 752. The molecule has 2 aromatic rings. The number of benzene rings is 1. The maximum absolute atomic E-state index is 12.6. The van der Waals surface area contributed by atoms with E-state index in [1.54, 1.807) is 11.8 Å². The van der Waals surface area contributed by atoms with Crippen molar-refractivity contribution in [1.29, 1.82) is 0 Å². The third-order valence-electron chi connectivity index (χ3n) is 4.55. The second-order valence-electron chi connectivity index (χ2n) is 6.15. The average Bonchev–Trinajstić information content (AvgIpc) is 2.88. The van der Waals surface area contributed by atoms with Crippen molar-refractivity contribution < 1.29 is 9.59 Å². The summed E-state index contributed by atoms with van der Waals surface area (Å²) in [5, 5.41) is 4.07. The second kappa shape index (κ2) is 6.04. The number of hydrogen-bond donors (Lipinski definition) is 1. The largest absolute Gasteiger partial charge is 0.351 e. The quantitative estimate of drug-likeness (QED) is 0.908. The van der Waals surface area contributed by atoms with Gasteiger partial charge in [-0.3, -0.25) is 14.5 Å². The number of rotatable bonds is 2. The molecule has 1 aromatic carbocycles. The molecular weight excluding hydrogens is 292 g/mol. The maximum Gasteiger partial charge on any atom is 0.243 e. The minimum Gasteiger partial charge on any atom is -0.351 e. The Morgan fingerprint density at radius 3 is 2.70 bits per heavy atom. The van der Waals surface area contributed by atoms with Crippen LogP contribution >= 0.6 is 0 Å². The number of amides is 2. The molecule has 1 unspecified atom stereocenters. The molecule has 23 heavy (non-hydrogen) atoms. The molecule has 0 spiro atoms. The summed E-state index contributed by atoms with van der Waals surface area (Å²) < 4.78 is 2.04. The van der Waals surface area contributed by atoms with Gasteiger partial charge in [-0.05, 0) is 31.3 Å². The van der Waals surface area contributed by atoms with Gasteiger partial charge in [0, 0.05) is 56.4 Å².